The maximum atomic E-state index is 13.2. The van der Waals surface area contributed by atoms with Crippen LogP contribution in [0.3, 0.4) is 0 Å². The van der Waals surface area contributed by atoms with E-state index in [1.807, 2.05) is 6.07 Å². The van der Waals surface area contributed by atoms with E-state index in [9.17, 15) is 9.59 Å². The minimum absolute atomic E-state index is 0.0292. The summed E-state index contributed by atoms with van der Waals surface area (Å²) in [6.07, 6.45) is 6.74. The van der Waals surface area contributed by atoms with E-state index in [0.29, 0.717) is 35.9 Å². The quantitative estimate of drug-likeness (QED) is 0.459. The van der Waals surface area contributed by atoms with Crippen molar-refractivity contribution in [3.8, 4) is 17.2 Å². The monoisotopic (exact) mass is 593 g/mol. The summed E-state index contributed by atoms with van der Waals surface area (Å²) in [5.41, 5.74) is 2.36. The van der Waals surface area contributed by atoms with Crippen LogP contribution in [0.25, 0.3) is 10.9 Å². The number of hydrogen-bond acceptors (Lipinski definition) is 9. The predicted octanol–water partition coefficient (Wildman–Crippen LogP) is 3.07. The normalized spacial score (nSPS) is 19.1. The summed E-state index contributed by atoms with van der Waals surface area (Å²) in [5.74, 6) is 2.61. The molecule has 3 aromatic rings. The number of fused-ring (bicyclic) bond motifs is 5. The Balaban J connectivity index is 1.49. The topological polar surface area (TPSA) is 125 Å². The number of anilines is 1. The number of rotatable bonds is 5. The summed E-state index contributed by atoms with van der Waals surface area (Å²) in [6.45, 7) is 7.34. The first-order chi connectivity index (χ1) is 20.9. The molecule has 1 atom stereocenters. The van der Waals surface area contributed by atoms with Gasteiger partial charge in [0.25, 0.3) is 5.91 Å². The lowest BCUT2D eigenvalue weighted by Crippen LogP contribution is -2.45. The van der Waals surface area contributed by atoms with Crippen molar-refractivity contribution in [3.05, 3.63) is 35.7 Å². The van der Waals surface area contributed by atoms with Crippen molar-refractivity contribution in [2.45, 2.75) is 39.2 Å². The number of carbonyl (C=O) groups excluding carboxylic acids is 2. The minimum atomic E-state index is -0.186. The van der Waals surface area contributed by atoms with Gasteiger partial charge in [0.2, 0.25) is 11.7 Å². The van der Waals surface area contributed by atoms with Crippen LogP contribution in [0.5, 0.6) is 17.2 Å². The SMILES string of the molecule is CCN1CCCCN(C(=O)c2cn[nH]c2)CC(=O)NCC2CCCN(C2)c2nc3cc(OC)c(OC)c(OC)c3cc2C1. The molecule has 1 unspecified atom stereocenters. The first-order valence-corrected chi connectivity index (χ1v) is 15.1. The van der Waals surface area contributed by atoms with Gasteiger partial charge in [0.1, 0.15) is 5.82 Å². The molecule has 12 nitrogen and oxygen atoms in total. The average Bonchev–Trinajstić information content (AvgIpc) is 3.58. The number of amides is 2. The Morgan fingerprint density at radius 3 is 2.56 bits per heavy atom. The van der Waals surface area contributed by atoms with Gasteiger partial charge in [-0.1, -0.05) is 6.92 Å². The third-order valence-electron chi connectivity index (χ3n) is 8.45. The molecule has 2 aliphatic heterocycles. The van der Waals surface area contributed by atoms with Crippen molar-refractivity contribution >= 4 is 28.5 Å². The lowest BCUT2D eigenvalue weighted by Gasteiger charge is -2.36. The van der Waals surface area contributed by atoms with Gasteiger partial charge in [-0.25, -0.2) is 4.98 Å². The molecule has 2 aliphatic rings. The second-order valence-electron chi connectivity index (χ2n) is 11.2. The van der Waals surface area contributed by atoms with E-state index in [0.717, 1.165) is 80.7 Å². The molecule has 2 aromatic heterocycles. The highest BCUT2D eigenvalue weighted by molar-refractivity contribution is 5.96. The Bertz CT molecular complexity index is 1410. The van der Waals surface area contributed by atoms with E-state index in [4.69, 9.17) is 19.2 Å². The minimum Gasteiger partial charge on any atom is -0.493 e. The number of ether oxygens (including phenoxy) is 3. The Morgan fingerprint density at radius 1 is 1.02 bits per heavy atom. The maximum absolute atomic E-state index is 13.2. The van der Waals surface area contributed by atoms with E-state index in [1.165, 1.54) is 6.20 Å². The summed E-state index contributed by atoms with van der Waals surface area (Å²) in [4.78, 5) is 37.8. The lowest BCUT2D eigenvalue weighted by molar-refractivity contribution is -0.122. The molecular formula is C31H43N7O5. The number of hydrogen-bond donors (Lipinski definition) is 2. The van der Waals surface area contributed by atoms with Gasteiger partial charge in [0.15, 0.2) is 11.5 Å². The van der Waals surface area contributed by atoms with Crippen LogP contribution in [-0.4, -0.2) is 104 Å². The number of aromatic nitrogens is 3. The average molecular weight is 594 g/mol. The van der Waals surface area contributed by atoms with Gasteiger partial charge >= 0.3 is 0 Å². The van der Waals surface area contributed by atoms with Crippen molar-refractivity contribution in [3.63, 3.8) is 0 Å². The summed E-state index contributed by atoms with van der Waals surface area (Å²) >= 11 is 0. The van der Waals surface area contributed by atoms with E-state index >= 15 is 0 Å². The molecule has 0 aliphatic carbocycles. The fraction of sp³-hybridized carbons (Fsp3) is 0.548. The molecule has 2 N–H and O–H groups in total. The van der Waals surface area contributed by atoms with Gasteiger partial charge < -0.3 is 29.3 Å². The van der Waals surface area contributed by atoms with Crippen LogP contribution in [-0.2, 0) is 11.3 Å². The molecule has 5 rings (SSSR count). The third kappa shape index (κ3) is 6.79. The number of aromatic amines is 1. The molecule has 2 amide bonds. The number of H-pyrrole nitrogens is 1. The molecule has 0 spiro atoms. The fourth-order valence-corrected chi connectivity index (χ4v) is 6.15. The maximum Gasteiger partial charge on any atom is 0.257 e. The number of piperidine rings is 1. The van der Waals surface area contributed by atoms with E-state index in [2.05, 4.69) is 38.3 Å². The number of nitrogens with zero attached hydrogens (tertiary/aromatic N) is 5. The highest BCUT2D eigenvalue weighted by Gasteiger charge is 2.27. The molecule has 43 heavy (non-hydrogen) atoms. The van der Waals surface area contributed by atoms with Gasteiger partial charge in [-0.2, -0.15) is 5.10 Å². The van der Waals surface area contributed by atoms with Gasteiger partial charge in [-0.05, 0) is 50.8 Å². The Hall–Kier alpha value is -4.06. The number of nitrogens with one attached hydrogen (secondary N) is 2. The molecule has 2 bridgehead atoms. The van der Waals surface area contributed by atoms with Crippen LogP contribution in [0.15, 0.2) is 24.5 Å². The van der Waals surface area contributed by atoms with Crippen molar-refractivity contribution < 1.29 is 23.8 Å². The van der Waals surface area contributed by atoms with Crippen LogP contribution in [0.2, 0.25) is 0 Å². The molecule has 0 saturated carbocycles. The second kappa shape index (κ2) is 13.9. The number of carbonyl (C=O) groups is 2. The Kier molecular flexibility index (Phi) is 9.86. The largest absolute Gasteiger partial charge is 0.493 e. The highest BCUT2D eigenvalue weighted by Crippen LogP contribution is 2.44. The van der Waals surface area contributed by atoms with Gasteiger partial charge in [0.05, 0.1) is 45.2 Å². The van der Waals surface area contributed by atoms with E-state index in [-0.39, 0.29) is 24.3 Å². The third-order valence-corrected chi connectivity index (χ3v) is 8.45. The smallest absolute Gasteiger partial charge is 0.257 e. The number of pyridine rings is 1. The first kappa shape index (κ1) is 30.4. The molecule has 232 valence electrons. The van der Waals surface area contributed by atoms with Crippen LogP contribution in [0, 0.1) is 5.92 Å². The molecule has 4 heterocycles. The Labute approximate surface area is 252 Å². The molecule has 0 radical (unpaired) electrons. The van der Waals surface area contributed by atoms with Crippen LogP contribution < -0.4 is 24.4 Å². The van der Waals surface area contributed by atoms with E-state index in [1.54, 1.807) is 32.4 Å². The number of methoxy groups -OCH3 is 3. The molecule has 12 heteroatoms. The van der Waals surface area contributed by atoms with Crippen molar-refractivity contribution in [1.82, 2.24) is 30.3 Å². The Morgan fingerprint density at radius 2 is 1.84 bits per heavy atom. The lowest BCUT2D eigenvalue weighted by atomic mass is 9.97. The summed E-state index contributed by atoms with van der Waals surface area (Å²) in [5, 5.41) is 10.6. The van der Waals surface area contributed by atoms with Gasteiger partial charge in [-0.15, -0.1) is 0 Å². The second-order valence-corrected chi connectivity index (χ2v) is 11.2. The van der Waals surface area contributed by atoms with Crippen molar-refractivity contribution in [2.24, 2.45) is 5.92 Å². The fourth-order valence-electron chi connectivity index (χ4n) is 6.15. The van der Waals surface area contributed by atoms with Crippen molar-refractivity contribution in [1.29, 1.82) is 0 Å². The summed E-state index contributed by atoms with van der Waals surface area (Å²) in [6, 6.07) is 4.09. The highest BCUT2D eigenvalue weighted by atomic mass is 16.5. The summed E-state index contributed by atoms with van der Waals surface area (Å²) < 4.78 is 17.1. The van der Waals surface area contributed by atoms with E-state index < -0.39 is 0 Å². The zero-order chi connectivity index (χ0) is 30.3. The van der Waals surface area contributed by atoms with Gasteiger partial charge in [-0.3, -0.25) is 19.6 Å². The zero-order valence-corrected chi connectivity index (χ0v) is 25.6. The standard InChI is InChI=1S/C31H43N7O5/c1-5-36-10-6-7-11-38(31(40)23-16-33-34-17-23)20-27(39)32-15-21-9-8-12-37(18-21)30-22(19-36)13-24-25(35-30)14-26(41-2)29(43-4)28(24)42-3/h13-14,16-17,21H,5-12,15,18-20H2,1-4H3,(H,32,39)(H,33,34). The molecule has 1 saturated heterocycles. The molecular weight excluding hydrogens is 550 g/mol. The zero-order valence-electron chi connectivity index (χ0n) is 25.6. The van der Waals surface area contributed by atoms with Gasteiger partial charge in [0, 0.05) is 55.9 Å². The van der Waals surface area contributed by atoms with Crippen LogP contribution >= 0.6 is 0 Å². The molecule has 1 aromatic carbocycles. The van der Waals surface area contributed by atoms with Crippen LogP contribution in [0.1, 0.15) is 48.5 Å². The number of benzene rings is 1. The summed E-state index contributed by atoms with van der Waals surface area (Å²) in [7, 11) is 4.86. The predicted molar refractivity (Wildman–Crippen MR) is 164 cm³/mol. The molecule has 1 fully saturated rings. The van der Waals surface area contributed by atoms with Crippen LogP contribution in [0.4, 0.5) is 5.82 Å². The first-order valence-electron chi connectivity index (χ1n) is 15.1. The van der Waals surface area contributed by atoms with Crippen molar-refractivity contribution in [2.75, 3.05) is 72.0 Å².